The van der Waals surface area contributed by atoms with Crippen LogP contribution in [-0.2, 0) is 4.79 Å². The van der Waals surface area contributed by atoms with Crippen LogP contribution in [0.5, 0.6) is 0 Å². The lowest BCUT2D eigenvalue weighted by atomic mass is 9.84. The molecule has 10 heavy (non-hydrogen) atoms. The first kappa shape index (κ1) is 7.73. The molecule has 1 radical (unpaired) electrons. The molecule has 0 atom stereocenters. The highest BCUT2D eigenvalue weighted by Gasteiger charge is 2.21. The second-order valence-electron chi connectivity index (χ2n) is 3.16. The summed E-state index contributed by atoms with van der Waals surface area (Å²) in [5, 5.41) is 0. The summed E-state index contributed by atoms with van der Waals surface area (Å²) in [4.78, 5) is 10.8. The second kappa shape index (κ2) is 3.15. The lowest BCUT2D eigenvalue weighted by Gasteiger charge is -2.22. The number of Topliss-reactive ketones (excluding diaryl/α,β-unsaturated/α-hetero) is 1. The Morgan fingerprint density at radius 1 is 1.30 bits per heavy atom. The number of ketones is 1. The van der Waals surface area contributed by atoms with Crippen molar-refractivity contribution in [3.05, 3.63) is 0 Å². The van der Waals surface area contributed by atoms with Crippen LogP contribution in [0.25, 0.3) is 0 Å². The fraction of sp³-hybridized carbons (Fsp3) is 0.875. The molecule has 1 aliphatic rings. The summed E-state index contributed by atoms with van der Waals surface area (Å²) in [6.07, 6.45) is 3.74. The minimum Gasteiger partial charge on any atom is -0.300 e. The van der Waals surface area contributed by atoms with Crippen LogP contribution in [0.1, 0.15) is 32.6 Å². The van der Waals surface area contributed by atoms with Crippen molar-refractivity contribution in [2.45, 2.75) is 38.6 Å². The predicted molar refractivity (Wildman–Crippen MR) is 39.5 cm³/mol. The third kappa shape index (κ3) is 1.81. The van der Waals surface area contributed by atoms with Gasteiger partial charge in [0.25, 0.3) is 0 Å². The number of carbonyl (C=O) groups is 1. The van der Waals surface area contributed by atoms with Crippen LogP contribution >= 0.6 is 0 Å². The van der Waals surface area contributed by atoms with Crippen molar-refractivity contribution in [1.82, 2.24) is 5.73 Å². The van der Waals surface area contributed by atoms with Gasteiger partial charge in [-0.25, -0.2) is 0 Å². The Bertz CT molecular complexity index is 125. The molecule has 1 fully saturated rings. The molecule has 1 aliphatic carbocycles. The molecule has 0 amide bonds. The molecule has 0 heterocycles. The second-order valence-corrected chi connectivity index (χ2v) is 3.16. The normalized spacial score (nSPS) is 33.8. The molecule has 0 aromatic carbocycles. The zero-order valence-electron chi connectivity index (χ0n) is 6.39. The largest absolute Gasteiger partial charge is 0.300 e. The smallest absolute Gasteiger partial charge is 0.132 e. The van der Waals surface area contributed by atoms with E-state index in [2.05, 4.69) is 0 Å². The van der Waals surface area contributed by atoms with Gasteiger partial charge >= 0.3 is 0 Å². The van der Waals surface area contributed by atoms with E-state index in [9.17, 15) is 4.79 Å². The van der Waals surface area contributed by atoms with Crippen LogP contribution in [0.4, 0.5) is 0 Å². The lowest BCUT2D eigenvalue weighted by molar-refractivity contribution is -0.121. The molecule has 2 nitrogen and oxygen atoms in total. The van der Waals surface area contributed by atoms with Crippen molar-refractivity contribution in [3.8, 4) is 0 Å². The topological polar surface area (TPSA) is 40.9 Å². The summed E-state index contributed by atoms with van der Waals surface area (Å²) in [6.45, 7) is 1.66. The fourth-order valence-corrected chi connectivity index (χ4v) is 1.50. The van der Waals surface area contributed by atoms with Crippen molar-refractivity contribution in [2.24, 2.45) is 5.92 Å². The molecule has 2 heteroatoms. The highest BCUT2D eigenvalue weighted by Crippen LogP contribution is 2.23. The Morgan fingerprint density at radius 2 is 1.80 bits per heavy atom. The van der Waals surface area contributed by atoms with Crippen molar-refractivity contribution >= 4 is 5.78 Å². The number of carbonyl (C=O) groups excluding carboxylic acids is 1. The third-order valence-corrected chi connectivity index (χ3v) is 2.30. The monoisotopic (exact) mass is 140 g/mol. The van der Waals surface area contributed by atoms with E-state index < -0.39 is 0 Å². The van der Waals surface area contributed by atoms with Crippen LogP contribution < -0.4 is 5.73 Å². The molecule has 0 aromatic rings. The molecule has 0 saturated heterocycles. The SMILES string of the molecule is CC(=O)[C@H]1CC[C@@H]([NH])CC1. The van der Waals surface area contributed by atoms with Crippen molar-refractivity contribution < 1.29 is 4.79 Å². The van der Waals surface area contributed by atoms with Crippen LogP contribution in [0.2, 0.25) is 0 Å². The van der Waals surface area contributed by atoms with Gasteiger partial charge in [0.05, 0.1) is 0 Å². The summed E-state index contributed by atoms with van der Waals surface area (Å²) in [5.74, 6) is 0.591. The van der Waals surface area contributed by atoms with Crippen LogP contribution in [0.15, 0.2) is 0 Å². The highest BCUT2D eigenvalue weighted by molar-refractivity contribution is 5.78. The first-order valence-electron chi connectivity index (χ1n) is 3.91. The molecule has 0 aromatic heterocycles. The fourth-order valence-electron chi connectivity index (χ4n) is 1.50. The van der Waals surface area contributed by atoms with Gasteiger partial charge in [-0.2, -0.15) is 0 Å². The third-order valence-electron chi connectivity index (χ3n) is 2.30. The first-order chi connectivity index (χ1) is 4.70. The standard InChI is InChI=1S/C8H14NO/c1-6(10)7-2-4-8(9)5-3-7/h7-9H,2-5H2,1H3/t7-,8+. The lowest BCUT2D eigenvalue weighted by Crippen LogP contribution is -2.23. The minimum atomic E-state index is 0.107. The Labute approximate surface area is 61.8 Å². The van der Waals surface area contributed by atoms with Crippen LogP contribution in [0.3, 0.4) is 0 Å². The van der Waals surface area contributed by atoms with Gasteiger partial charge in [-0.3, -0.25) is 10.5 Å². The molecule has 0 bridgehead atoms. The molecule has 0 unspecified atom stereocenters. The van der Waals surface area contributed by atoms with Gasteiger partial charge in [-0.05, 0) is 32.6 Å². The van der Waals surface area contributed by atoms with Gasteiger partial charge in [0, 0.05) is 12.0 Å². The van der Waals surface area contributed by atoms with Crippen molar-refractivity contribution in [3.63, 3.8) is 0 Å². The van der Waals surface area contributed by atoms with Crippen molar-refractivity contribution in [1.29, 1.82) is 0 Å². The number of rotatable bonds is 1. The Hall–Kier alpha value is -0.370. The maximum Gasteiger partial charge on any atom is 0.132 e. The number of hydrogen-bond donors (Lipinski definition) is 0. The minimum absolute atomic E-state index is 0.107. The summed E-state index contributed by atoms with van der Waals surface area (Å²) in [7, 11) is 0. The number of hydrogen-bond acceptors (Lipinski definition) is 1. The number of nitrogens with one attached hydrogen (secondary N) is 1. The van der Waals surface area contributed by atoms with Gasteiger partial charge in [0.1, 0.15) is 5.78 Å². The summed E-state index contributed by atoms with van der Waals surface area (Å²) in [6, 6.07) is 0.107. The van der Waals surface area contributed by atoms with Gasteiger partial charge in [-0.15, -0.1) is 0 Å². The van der Waals surface area contributed by atoms with E-state index in [4.69, 9.17) is 5.73 Å². The molecule has 1 saturated carbocycles. The average molecular weight is 140 g/mol. The maximum atomic E-state index is 10.8. The Balaban J connectivity index is 2.33. The quantitative estimate of drug-likeness (QED) is 0.543. The molecule has 1 rings (SSSR count). The van der Waals surface area contributed by atoms with E-state index in [1.165, 1.54) is 0 Å². The molecular weight excluding hydrogens is 126 g/mol. The maximum absolute atomic E-state index is 10.8. The first-order valence-corrected chi connectivity index (χ1v) is 3.91. The van der Waals surface area contributed by atoms with E-state index in [0.29, 0.717) is 5.78 Å². The van der Waals surface area contributed by atoms with Gasteiger partial charge in [0.2, 0.25) is 0 Å². The Morgan fingerprint density at radius 3 is 2.20 bits per heavy atom. The summed E-state index contributed by atoms with van der Waals surface area (Å²) in [5.41, 5.74) is 7.39. The zero-order chi connectivity index (χ0) is 7.56. The molecule has 1 N–H and O–H groups in total. The molecular formula is C8H14NO. The highest BCUT2D eigenvalue weighted by atomic mass is 16.1. The van der Waals surface area contributed by atoms with Gasteiger partial charge in [0.15, 0.2) is 0 Å². The van der Waals surface area contributed by atoms with E-state index in [1.54, 1.807) is 6.92 Å². The summed E-state index contributed by atoms with van der Waals surface area (Å²) < 4.78 is 0. The van der Waals surface area contributed by atoms with E-state index in [0.717, 1.165) is 25.7 Å². The van der Waals surface area contributed by atoms with Crippen molar-refractivity contribution in [2.75, 3.05) is 0 Å². The molecule has 0 spiro atoms. The average Bonchev–Trinajstić information content (AvgIpc) is 1.88. The van der Waals surface area contributed by atoms with Crippen LogP contribution in [0, 0.1) is 5.92 Å². The van der Waals surface area contributed by atoms with Gasteiger partial charge in [-0.1, -0.05) is 0 Å². The van der Waals surface area contributed by atoms with E-state index in [1.807, 2.05) is 0 Å². The summed E-state index contributed by atoms with van der Waals surface area (Å²) >= 11 is 0. The zero-order valence-corrected chi connectivity index (χ0v) is 6.39. The molecule has 57 valence electrons. The van der Waals surface area contributed by atoms with Crippen LogP contribution in [-0.4, -0.2) is 11.8 Å². The molecule has 0 aliphatic heterocycles. The predicted octanol–water partition coefficient (Wildman–Crippen LogP) is 1.42. The van der Waals surface area contributed by atoms with E-state index in [-0.39, 0.29) is 12.0 Å². The van der Waals surface area contributed by atoms with E-state index >= 15 is 0 Å². The van der Waals surface area contributed by atoms with Gasteiger partial charge < -0.3 is 0 Å². The Kier molecular flexibility index (Phi) is 2.44.